The van der Waals surface area contributed by atoms with Crippen LogP contribution in [0.3, 0.4) is 0 Å². The van der Waals surface area contributed by atoms with Crippen molar-refractivity contribution in [3.05, 3.63) is 28.8 Å². The molecule has 1 aromatic carbocycles. The molecule has 1 fully saturated rings. The highest BCUT2D eigenvalue weighted by Crippen LogP contribution is 2.37. The van der Waals surface area contributed by atoms with Gasteiger partial charge in [-0.1, -0.05) is 11.6 Å². The molecule has 1 aliphatic carbocycles. The molecule has 120 valence electrons. The molecule has 7 heteroatoms. The number of halogens is 1. The molecule has 5 nitrogen and oxygen atoms in total. The zero-order chi connectivity index (χ0) is 16.3. The van der Waals surface area contributed by atoms with Crippen molar-refractivity contribution in [2.75, 3.05) is 20.3 Å². The van der Waals surface area contributed by atoms with E-state index < -0.39 is 10.0 Å². The van der Waals surface area contributed by atoms with Crippen molar-refractivity contribution in [2.24, 2.45) is 5.92 Å². The van der Waals surface area contributed by atoms with E-state index in [9.17, 15) is 8.42 Å². The zero-order valence-corrected chi connectivity index (χ0v) is 14.2. The quantitative estimate of drug-likeness (QED) is 0.763. The van der Waals surface area contributed by atoms with E-state index in [4.69, 9.17) is 21.6 Å². The average Bonchev–Trinajstić information content (AvgIpc) is 3.31. The number of methoxy groups -OCH3 is 1. The second-order valence-electron chi connectivity index (χ2n) is 5.44. The Morgan fingerprint density at radius 1 is 1.50 bits per heavy atom. The minimum absolute atomic E-state index is 0.0745. The van der Waals surface area contributed by atoms with E-state index in [2.05, 4.69) is 0 Å². The molecule has 1 saturated carbocycles. The van der Waals surface area contributed by atoms with Crippen molar-refractivity contribution in [1.82, 2.24) is 4.31 Å². The fourth-order valence-corrected chi connectivity index (χ4v) is 4.41. The SMILES string of the molecule is COCCN(C(C)C1CC1)S(=O)(=O)c1ccc(C#N)c(Cl)c1. The van der Waals surface area contributed by atoms with Crippen LogP contribution in [0.15, 0.2) is 23.1 Å². The summed E-state index contributed by atoms with van der Waals surface area (Å²) in [4.78, 5) is 0.111. The number of rotatable bonds is 7. The Morgan fingerprint density at radius 3 is 2.68 bits per heavy atom. The molecule has 0 N–H and O–H groups in total. The number of hydrogen-bond acceptors (Lipinski definition) is 4. The van der Waals surface area contributed by atoms with Gasteiger partial charge in [-0.2, -0.15) is 9.57 Å². The summed E-state index contributed by atoms with van der Waals surface area (Å²) < 4.78 is 32.3. The molecule has 1 aromatic rings. The summed E-state index contributed by atoms with van der Waals surface area (Å²) in [6, 6.07) is 6.06. The van der Waals surface area contributed by atoms with Crippen molar-refractivity contribution < 1.29 is 13.2 Å². The van der Waals surface area contributed by atoms with Crippen LogP contribution in [0.4, 0.5) is 0 Å². The van der Waals surface area contributed by atoms with Crippen molar-refractivity contribution in [3.63, 3.8) is 0 Å². The van der Waals surface area contributed by atoms with Crippen LogP contribution < -0.4 is 0 Å². The fraction of sp³-hybridized carbons (Fsp3) is 0.533. The number of ether oxygens (including phenoxy) is 1. The summed E-state index contributed by atoms with van der Waals surface area (Å²) in [5, 5.41) is 9.04. The third kappa shape index (κ3) is 3.61. The molecule has 2 rings (SSSR count). The highest BCUT2D eigenvalue weighted by molar-refractivity contribution is 7.89. The molecule has 0 heterocycles. The van der Waals surface area contributed by atoms with Crippen LogP contribution in [-0.4, -0.2) is 39.0 Å². The lowest BCUT2D eigenvalue weighted by molar-refractivity contribution is 0.164. The predicted molar refractivity (Wildman–Crippen MR) is 84.1 cm³/mol. The van der Waals surface area contributed by atoms with Crippen LogP contribution >= 0.6 is 11.6 Å². The summed E-state index contributed by atoms with van der Waals surface area (Å²) in [6.45, 7) is 2.56. The van der Waals surface area contributed by atoms with E-state index in [1.165, 1.54) is 22.5 Å². The Hall–Kier alpha value is -1.13. The van der Waals surface area contributed by atoms with Crippen LogP contribution in [0.1, 0.15) is 25.3 Å². The standard InChI is InChI=1S/C15H19ClN2O3S/c1-11(12-3-4-12)18(7-8-21-2)22(19,20)14-6-5-13(10-17)15(16)9-14/h5-6,9,11-12H,3-4,7-8H2,1-2H3. The molecule has 1 atom stereocenters. The molecule has 22 heavy (non-hydrogen) atoms. The van der Waals surface area contributed by atoms with Crippen molar-refractivity contribution in [2.45, 2.75) is 30.7 Å². The Bertz CT molecular complexity index is 681. The number of benzene rings is 1. The van der Waals surface area contributed by atoms with E-state index in [0.717, 1.165) is 12.8 Å². The van der Waals surface area contributed by atoms with Crippen LogP contribution in [0.5, 0.6) is 0 Å². The molecule has 0 aliphatic heterocycles. The molecule has 1 aliphatic rings. The lowest BCUT2D eigenvalue weighted by atomic mass is 10.2. The van der Waals surface area contributed by atoms with Gasteiger partial charge in [0.2, 0.25) is 10.0 Å². The lowest BCUT2D eigenvalue weighted by Gasteiger charge is -2.28. The van der Waals surface area contributed by atoms with Crippen molar-refractivity contribution >= 4 is 21.6 Å². The third-order valence-electron chi connectivity index (χ3n) is 3.94. The molecule has 0 radical (unpaired) electrons. The third-order valence-corrected chi connectivity index (χ3v) is 6.24. The first-order chi connectivity index (χ1) is 10.4. The lowest BCUT2D eigenvalue weighted by Crippen LogP contribution is -2.41. The Kier molecular flexibility index (Phi) is 5.45. The summed E-state index contributed by atoms with van der Waals surface area (Å²) in [5.41, 5.74) is 0.263. The van der Waals surface area contributed by atoms with E-state index in [-0.39, 0.29) is 21.5 Å². The van der Waals surface area contributed by atoms with E-state index >= 15 is 0 Å². The number of nitrogens with zero attached hydrogens (tertiary/aromatic N) is 2. The molecule has 0 bridgehead atoms. The first-order valence-electron chi connectivity index (χ1n) is 7.12. The number of hydrogen-bond donors (Lipinski definition) is 0. The second kappa shape index (κ2) is 6.97. The van der Waals surface area contributed by atoms with Crippen molar-refractivity contribution in [1.29, 1.82) is 5.26 Å². The largest absolute Gasteiger partial charge is 0.383 e. The molecular formula is C15H19ClN2O3S. The van der Waals surface area contributed by atoms with E-state index in [1.807, 2.05) is 13.0 Å². The van der Waals surface area contributed by atoms with Gasteiger partial charge in [-0.25, -0.2) is 8.42 Å². The topological polar surface area (TPSA) is 70.4 Å². The van der Waals surface area contributed by atoms with Gasteiger partial charge in [0.25, 0.3) is 0 Å². The Labute approximate surface area is 136 Å². The summed E-state index contributed by atoms with van der Waals surface area (Å²) in [5.74, 6) is 0.403. The Morgan fingerprint density at radius 2 is 2.18 bits per heavy atom. The van der Waals surface area contributed by atoms with Gasteiger partial charge >= 0.3 is 0 Å². The number of sulfonamides is 1. The molecule has 0 spiro atoms. The van der Waals surface area contributed by atoms with Crippen LogP contribution in [0.2, 0.25) is 5.02 Å². The molecule has 0 amide bonds. The van der Waals surface area contributed by atoms with Gasteiger partial charge in [-0.15, -0.1) is 0 Å². The van der Waals surface area contributed by atoms with Crippen LogP contribution in [0.25, 0.3) is 0 Å². The monoisotopic (exact) mass is 342 g/mol. The van der Waals surface area contributed by atoms with Gasteiger partial charge in [-0.05, 0) is 43.9 Å². The van der Waals surface area contributed by atoms with Gasteiger partial charge in [0.1, 0.15) is 6.07 Å². The maximum Gasteiger partial charge on any atom is 0.243 e. The first kappa shape index (κ1) is 17.2. The first-order valence-corrected chi connectivity index (χ1v) is 8.94. The molecular weight excluding hydrogens is 324 g/mol. The maximum absolute atomic E-state index is 12.9. The Balaban J connectivity index is 2.35. The second-order valence-corrected chi connectivity index (χ2v) is 7.74. The van der Waals surface area contributed by atoms with Gasteiger partial charge in [0.15, 0.2) is 0 Å². The highest BCUT2D eigenvalue weighted by atomic mass is 35.5. The predicted octanol–water partition coefficient (Wildman–Crippen LogP) is 2.65. The van der Waals surface area contributed by atoms with Gasteiger partial charge in [-0.3, -0.25) is 0 Å². The number of nitriles is 1. The summed E-state index contributed by atoms with van der Waals surface area (Å²) >= 11 is 5.97. The molecule has 0 aromatic heterocycles. The molecule has 0 saturated heterocycles. The smallest absolute Gasteiger partial charge is 0.243 e. The zero-order valence-electron chi connectivity index (χ0n) is 12.6. The fourth-order valence-electron chi connectivity index (χ4n) is 2.42. The summed E-state index contributed by atoms with van der Waals surface area (Å²) in [6.07, 6.45) is 2.10. The average molecular weight is 343 g/mol. The van der Waals surface area contributed by atoms with Crippen LogP contribution in [-0.2, 0) is 14.8 Å². The summed E-state index contributed by atoms with van der Waals surface area (Å²) in [7, 11) is -2.12. The minimum Gasteiger partial charge on any atom is -0.383 e. The minimum atomic E-state index is -3.67. The maximum atomic E-state index is 12.9. The van der Waals surface area contributed by atoms with Crippen LogP contribution in [0, 0.1) is 17.2 Å². The van der Waals surface area contributed by atoms with Gasteiger partial charge in [0, 0.05) is 19.7 Å². The van der Waals surface area contributed by atoms with Gasteiger partial charge in [0.05, 0.1) is 22.1 Å². The highest BCUT2D eigenvalue weighted by Gasteiger charge is 2.38. The molecule has 1 unspecified atom stereocenters. The van der Waals surface area contributed by atoms with E-state index in [1.54, 1.807) is 7.11 Å². The van der Waals surface area contributed by atoms with Crippen molar-refractivity contribution in [3.8, 4) is 6.07 Å². The normalized spacial score (nSPS) is 16.5. The van der Waals surface area contributed by atoms with E-state index in [0.29, 0.717) is 19.1 Å². The van der Waals surface area contributed by atoms with Gasteiger partial charge < -0.3 is 4.74 Å².